The molecule has 0 spiro atoms. The molecule has 1 aromatic carbocycles. The number of hydrogen-bond acceptors (Lipinski definition) is 2. The number of benzene rings is 1. The van der Waals surface area contributed by atoms with Gasteiger partial charge in [-0.25, -0.2) is 4.68 Å². The fraction of sp³-hybridized carbons (Fsp3) is 0.100. The summed E-state index contributed by atoms with van der Waals surface area (Å²) in [6.07, 6.45) is 1.82. The zero-order chi connectivity index (χ0) is 10.8. The van der Waals surface area contributed by atoms with Crippen LogP contribution in [0.15, 0.2) is 34.9 Å². The third-order valence-electron chi connectivity index (χ3n) is 1.94. The van der Waals surface area contributed by atoms with Crippen LogP contribution in [-0.4, -0.2) is 16.9 Å². The Bertz CT molecular complexity index is 484. The molecule has 15 heavy (non-hydrogen) atoms. The summed E-state index contributed by atoms with van der Waals surface area (Å²) in [7, 11) is 1.58. The van der Waals surface area contributed by atoms with Crippen molar-refractivity contribution in [3.8, 4) is 11.6 Å². The van der Waals surface area contributed by atoms with Crippen molar-refractivity contribution in [2.24, 2.45) is 0 Å². The molecule has 78 valence electrons. The van der Waals surface area contributed by atoms with Gasteiger partial charge in [-0.05, 0) is 34.1 Å². The number of nitrogens with zero attached hydrogens (tertiary/aromatic N) is 2. The maximum atomic E-state index is 5.99. The molecule has 0 unspecified atom stereocenters. The molecule has 2 aromatic rings. The summed E-state index contributed by atoms with van der Waals surface area (Å²) in [6.45, 7) is 0. The number of aromatic nitrogens is 2. The Morgan fingerprint density at radius 2 is 2.20 bits per heavy atom. The van der Waals surface area contributed by atoms with Crippen LogP contribution < -0.4 is 4.74 Å². The van der Waals surface area contributed by atoms with E-state index in [0.29, 0.717) is 10.9 Å². The fourth-order valence-electron chi connectivity index (χ4n) is 1.19. The summed E-state index contributed by atoms with van der Waals surface area (Å²) in [5.41, 5.74) is 0.895. The first kappa shape index (κ1) is 10.5. The lowest BCUT2D eigenvalue weighted by Gasteiger charge is -2.02. The Hall–Kier alpha value is -1.00. The van der Waals surface area contributed by atoms with Gasteiger partial charge < -0.3 is 4.74 Å². The lowest BCUT2D eigenvalue weighted by molar-refractivity contribution is 0.394. The van der Waals surface area contributed by atoms with Gasteiger partial charge in [-0.15, -0.1) is 5.10 Å². The predicted molar refractivity (Wildman–Crippen MR) is 62.8 cm³/mol. The van der Waals surface area contributed by atoms with Gasteiger partial charge in [-0.2, -0.15) is 0 Å². The van der Waals surface area contributed by atoms with Gasteiger partial charge >= 0.3 is 0 Å². The minimum Gasteiger partial charge on any atom is -0.480 e. The van der Waals surface area contributed by atoms with Crippen molar-refractivity contribution in [2.45, 2.75) is 0 Å². The Morgan fingerprint density at radius 3 is 2.80 bits per heavy atom. The highest BCUT2D eigenvalue weighted by Gasteiger charge is 2.03. The Labute approximate surface area is 101 Å². The molecule has 3 nitrogen and oxygen atoms in total. The molecule has 0 amide bonds. The maximum Gasteiger partial charge on any atom is 0.232 e. The van der Waals surface area contributed by atoms with E-state index in [1.807, 2.05) is 24.4 Å². The van der Waals surface area contributed by atoms with E-state index in [9.17, 15) is 0 Å². The number of hydrogen-bond donors (Lipinski definition) is 0. The van der Waals surface area contributed by atoms with Gasteiger partial charge in [0.15, 0.2) is 0 Å². The molecule has 0 saturated heterocycles. The lowest BCUT2D eigenvalue weighted by Crippen LogP contribution is -1.95. The molecule has 1 heterocycles. The second kappa shape index (κ2) is 4.24. The molecule has 0 radical (unpaired) electrons. The standard InChI is InChI=1S/C10H8BrClN2O/c1-15-10-4-5-14(13-10)7-2-3-8(11)9(12)6-7/h2-6H,1H3. The molecule has 0 fully saturated rings. The Morgan fingerprint density at radius 1 is 1.40 bits per heavy atom. The van der Waals surface area contributed by atoms with Crippen molar-refractivity contribution < 1.29 is 4.74 Å². The van der Waals surface area contributed by atoms with Crippen molar-refractivity contribution in [1.82, 2.24) is 9.78 Å². The fourth-order valence-corrected chi connectivity index (χ4v) is 1.61. The van der Waals surface area contributed by atoms with Gasteiger partial charge in [-0.3, -0.25) is 0 Å². The molecule has 2 rings (SSSR count). The van der Waals surface area contributed by atoms with Crippen LogP contribution in [0.2, 0.25) is 5.02 Å². The van der Waals surface area contributed by atoms with E-state index >= 15 is 0 Å². The maximum absolute atomic E-state index is 5.99. The molecule has 0 aliphatic rings. The summed E-state index contributed by atoms with van der Waals surface area (Å²) in [6, 6.07) is 7.42. The predicted octanol–water partition coefficient (Wildman–Crippen LogP) is 3.30. The average Bonchev–Trinajstić information content (AvgIpc) is 2.70. The van der Waals surface area contributed by atoms with Crippen molar-refractivity contribution in [3.63, 3.8) is 0 Å². The molecular weight excluding hydrogens is 279 g/mol. The topological polar surface area (TPSA) is 27.1 Å². The first-order valence-corrected chi connectivity index (χ1v) is 5.43. The zero-order valence-electron chi connectivity index (χ0n) is 7.95. The van der Waals surface area contributed by atoms with Gasteiger partial charge in [0, 0.05) is 16.7 Å². The molecule has 0 aliphatic carbocycles. The van der Waals surface area contributed by atoms with Crippen LogP contribution in [0.5, 0.6) is 5.88 Å². The highest BCUT2D eigenvalue weighted by molar-refractivity contribution is 9.10. The van der Waals surface area contributed by atoms with Crippen molar-refractivity contribution in [2.75, 3.05) is 7.11 Å². The van der Waals surface area contributed by atoms with Gasteiger partial charge in [-0.1, -0.05) is 11.6 Å². The second-order valence-electron chi connectivity index (χ2n) is 2.90. The molecule has 0 saturated carbocycles. The minimum atomic E-state index is 0.578. The van der Waals surface area contributed by atoms with Crippen LogP contribution in [0, 0.1) is 0 Å². The van der Waals surface area contributed by atoms with Crippen LogP contribution in [0.1, 0.15) is 0 Å². The highest BCUT2D eigenvalue weighted by Crippen LogP contribution is 2.25. The van der Waals surface area contributed by atoms with E-state index in [0.717, 1.165) is 10.2 Å². The number of rotatable bonds is 2. The zero-order valence-corrected chi connectivity index (χ0v) is 10.3. The van der Waals surface area contributed by atoms with E-state index in [2.05, 4.69) is 21.0 Å². The van der Waals surface area contributed by atoms with E-state index in [1.54, 1.807) is 17.9 Å². The average molecular weight is 288 g/mol. The second-order valence-corrected chi connectivity index (χ2v) is 4.16. The molecule has 1 aromatic heterocycles. The van der Waals surface area contributed by atoms with Crippen LogP contribution in [-0.2, 0) is 0 Å². The Kier molecular flexibility index (Phi) is 2.98. The summed E-state index contributed by atoms with van der Waals surface area (Å²) in [5.74, 6) is 0.578. The van der Waals surface area contributed by atoms with Crippen LogP contribution in [0.25, 0.3) is 5.69 Å². The molecule has 0 N–H and O–H groups in total. The lowest BCUT2D eigenvalue weighted by atomic mass is 10.3. The minimum absolute atomic E-state index is 0.578. The summed E-state index contributed by atoms with van der Waals surface area (Å²) in [5, 5.41) is 4.84. The van der Waals surface area contributed by atoms with Crippen LogP contribution >= 0.6 is 27.5 Å². The van der Waals surface area contributed by atoms with Crippen LogP contribution in [0.3, 0.4) is 0 Å². The van der Waals surface area contributed by atoms with Crippen molar-refractivity contribution in [1.29, 1.82) is 0 Å². The highest BCUT2D eigenvalue weighted by atomic mass is 79.9. The van der Waals surface area contributed by atoms with Crippen molar-refractivity contribution >= 4 is 27.5 Å². The first-order chi connectivity index (χ1) is 7.20. The van der Waals surface area contributed by atoms with Gasteiger partial charge in [0.05, 0.1) is 17.8 Å². The molecule has 5 heteroatoms. The molecule has 0 aliphatic heterocycles. The van der Waals surface area contributed by atoms with E-state index < -0.39 is 0 Å². The summed E-state index contributed by atoms with van der Waals surface area (Å²) < 4.78 is 7.57. The summed E-state index contributed by atoms with van der Waals surface area (Å²) >= 11 is 9.32. The molecular formula is C10H8BrClN2O. The molecule has 0 atom stereocenters. The largest absolute Gasteiger partial charge is 0.480 e. The van der Waals surface area contributed by atoms with Gasteiger partial charge in [0.2, 0.25) is 5.88 Å². The normalized spacial score (nSPS) is 10.3. The number of methoxy groups -OCH3 is 1. The monoisotopic (exact) mass is 286 g/mol. The SMILES string of the molecule is COc1ccn(-c2ccc(Br)c(Cl)c2)n1. The smallest absolute Gasteiger partial charge is 0.232 e. The van der Waals surface area contributed by atoms with Crippen LogP contribution in [0.4, 0.5) is 0 Å². The number of ether oxygens (including phenoxy) is 1. The van der Waals surface area contributed by atoms with Crippen molar-refractivity contribution in [3.05, 3.63) is 40.0 Å². The van der Waals surface area contributed by atoms with Gasteiger partial charge in [0.1, 0.15) is 0 Å². The third kappa shape index (κ3) is 2.16. The quantitative estimate of drug-likeness (QED) is 0.847. The first-order valence-electron chi connectivity index (χ1n) is 4.26. The number of halogens is 2. The van der Waals surface area contributed by atoms with Gasteiger partial charge in [0.25, 0.3) is 0 Å². The Balaban J connectivity index is 2.40. The van der Waals surface area contributed by atoms with E-state index in [4.69, 9.17) is 16.3 Å². The van der Waals surface area contributed by atoms with E-state index in [1.165, 1.54) is 0 Å². The summed E-state index contributed by atoms with van der Waals surface area (Å²) in [4.78, 5) is 0. The third-order valence-corrected chi connectivity index (χ3v) is 3.17. The molecule has 0 bridgehead atoms. The van der Waals surface area contributed by atoms with E-state index in [-0.39, 0.29) is 0 Å².